The molecule has 0 saturated carbocycles. The summed E-state index contributed by atoms with van der Waals surface area (Å²) in [6, 6.07) is 1.57. The van der Waals surface area contributed by atoms with Crippen molar-refractivity contribution in [1.82, 2.24) is 4.98 Å². The maximum atomic E-state index is 13.2. The van der Waals surface area contributed by atoms with Crippen molar-refractivity contribution >= 4 is 30.2 Å². The largest absolute Gasteiger partial charge is 0.462 e. The fourth-order valence-electron chi connectivity index (χ4n) is 2.53. The normalized spacial score (nSPS) is 11.9. The Kier molecular flexibility index (Phi) is 7.79. The van der Waals surface area contributed by atoms with E-state index in [4.69, 9.17) is 18.2 Å². The molecule has 0 spiro atoms. The van der Waals surface area contributed by atoms with Gasteiger partial charge in [-0.1, -0.05) is 13.8 Å². The van der Waals surface area contributed by atoms with Crippen LogP contribution in [0.4, 0.5) is 0 Å². The number of carbonyl (C=O) groups excluding carboxylic acids is 1. The van der Waals surface area contributed by atoms with Crippen molar-refractivity contribution in [2.45, 2.75) is 41.0 Å². The van der Waals surface area contributed by atoms with Crippen molar-refractivity contribution in [2.75, 3.05) is 19.8 Å². The Morgan fingerprint density at radius 3 is 2.44 bits per heavy atom. The van der Waals surface area contributed by atoms with E-state index in [1.165, 1.54) is 17.6 Å². The number of hydrogen-bond acceptors (Lipinski definition) is 8. The third-order valence-electron chi connectivity index (χ3n) is 3.49. The molecule has 9 heteroatoms. The molecule has 7 nitrogen and oxygen atoms in total. The fraction of sp³-hybridized carbons (Fsp3) is 0.556. The van der Waals surface area contributed by atoms with E-state index in [0.29, 0.717) is 29.1 Å². The minimum atomic E-state index is -3.55. The lowest BCUT2D eigenvalue weighted by atomic mass is 10.1. The van der Waals surface area contributed by atoms with Crippen LogP contribution in [-0.2, 0) is 24.8 Å². The van der Waals surface area contributed by atoms with Gasteiger partial charge in [-0.05, 0) is 39.2 Å². The molecule has 0 fully saturated rings. The molecule has 0 unspecified atom stereocenters. The minimum Gasteiger partial charge on any atom is -0.462 e. The van der Waals surface area contributed by atoms with Crippen LogP contribution in [0.25, 0.3) is 11.5 Å². The number of ether oxygens (including phenoxy) is 1. The van der Waals surface area contributed by atoms with Gasteiger partial charge in [0.15, 0.2) is 5.76 Å². The molecule has 0 aromatic carbocycles. The summed E-state index contributed by atoms with van der Waals surface area (Å²) in [5.41, 5.74) is 0.483. The Balaban J connectivity index is 2.56. The predicted octanol–water partition coefficient (Wildman–Crippen LogP) is 4.67. The zero-order valence-corrected chi connectivity index (χ0v) is 18.0. The van der Waals surface area contributed by atoms with Crippen LogP contribution in [0.15, 0.2) is 16.7 Å². The number of esters is 1. The molecular formula is C18H26NO6PS. The highest BCUT2D eigenvalue weighted by atomic mass is 32.1. The summed E-state index contributed by atoms with van der Waals surface area (Å²) < 4.78 is 34.8. The number of hydrogen-bond donors (Lipinski definition) is 0. The number of nitrogens with zero attached hydrogens (tertiary/aromatic N) is 1. The molecule has 0 N–H and O–H groups in total. The summed E-state index contributed by atoms with van der Waals surface area (Å²) >= 11 is 1.26. The van der Waals surface area contributed by atoms with Crippen LogP contribution in [0.2, 0.25) is 0 Å². The molecule has 27 heavy (non-hydrogen) atoms. The van der Waals surface area contributed by atoms with Crippen LogP contribution >= 0.6 is 18.9 Å². The number of carbonyl (C=O) groups is 1. The van der Waals surface area contributed by atoms with Gasteiger partial charge in [0.05, 0.1) is 26.1 Å². The lowest BCUT2D eigenvalue weighted by Crippen LogP contribution is -2.12. The summed E-state index contributed by atoms with van der Waals surface area (Å²) in [6.07, 6.45) is 2.12. The van der Waals surface area contributed by atoms with E-state index in [-0.39, 0.29) is 24.8 Å². The molecule has 0 amide bonds. The Morgan fingerprint density at radius 1 is 1.22 bits per heavy atom. The summed E-state index contributed by atoms with van der Waals surface area (Å²) in [5, 5.41) is 0.560. The third kappa shape index (κ3) is 5.08. The van der Waals surface area contributed by atoms with E-state index in [1.54, 1.807) is 26.8 Å². The third-order valence-corrected chi connectivity index (χ3v) is 6.69. The first kappa shape index (κ1) is 21.8. The topological polar surface area (TPSA) is 87.9 Å². The van der Waals surface area contributed by atoms with E-state index in [0.717, 1.165) is 4.88 Å². The van der Waals surface area contributed by atoms with Crippen LogP contribution in [0.3, 0.4) is 0 Å². The minimum absolute atomic E-state index is 0.228. The maximum absolute atomic E-state index is 13.2. The number of aromatic nitrogens is 1. The Hall–Kier alpha value is -1.47. The highest BCUT2D eigenvalue weighted by molar-refractivity contribution is 7.62. The average Bonchev–Trinajstić information content (AvgIpc) is 3.22. The number of thiazole rings is 1. The van der Waals surface area contributed by atoms with Gasteiger partial charge in [-0.25, -0.2) is 9.78 Å². The molecule has 0 atom stereocenters. The summed E-state index contributed by atoms with van der Waals surface area (Å²) in [6.45, 7) is 10.1. The first-order valence-corrected chi connectivity index (χ1v) is 11.4. The van der Waals surface area contributed by atoms with E-state index in [9.17, 15) is 9.36 Å². The second-order valence-corrected chi connectivity index (χ2v) is 9.15. The van der Waals surface area contributed by atoms with Crippen molar-refractivity contribution in [1.29, 1.82) is 0 Å². The molecule has 2 heterocycles. The van der Waals surface area contributed by atoms with Gasteiger partial charge in [0.1, 0.15) is 11.0 Å². The Bertz CT molecular complexity index is 803. The van der Waals surface area contributed by atoms with Crippen LogP contribution in [0, 0.1) is 5.92 Å². The van der Waals surface area contributed by atoms with Gasteiger partial charge in [-0.15, -0.1) is 11.3 Å². The van der Waals surface area contributed by atoms with Crippen molar-refractivity contribution < 1.29 is 27.6 Å². The van der Waals surface area contributed by atoms with Gasteiger partial charge in [0.2, 0.25) is 5.01 Å². The molecule has 0 aliphatic rings. The summed E-state index contributed by atoms with van der Waals surface area (Å²) in [7, 11) is -3.55. The van der Waals surface area contributed by atoms with Gasteiger partial charge in [-0.2, -0.15) is 0 Å². The first-order valence-electron chi connectivity index (χ1n) is 9.00. The molecule has 0 aliphatic heterocycles. The van der Waals surface area contributed by atoms with E-state index >= 15 is 0 Å². The lowest BCUT2D eigenvalue weighted by Gasteiger charge is -2.16. The second-order valence-electron chi connectivity index (χ2n) is 6.08. The molecular weight excluding hydrogens is 389 g/mol. The summed E-state index contributed by atoms with van der Waals surface area (Å²) in [4.78, 5) is 17.4. The van der Waals surface area contributed by atoms with Crippen LogP contribution in [0.5, 0.6) is 0 Å². The van der Waals surface area contributed by atoms with Crippen molar-refractivity contribution in [3.8, 4) is 11.5 Å². The van der Waals surface area contributed by atoms with Gasteiger partial charge >= 0.3 is 13.6 Å². The summed E-state index contributed by atoms with van der Waals surface area (Å²) in [5.74, 6) is 0.163. The molecule has 150 valence electrons. The lowest BCUT2D eigenvalue weighted by molar-refractivity contribution is 0.0526. The molecule has 0 aliphatic carbocycles. The molecule has 0 saturated heterocycles. The van der Waals surface area contributed by atoms with Gasteiger partial charge in [0, 0.05) is 4.88 Å². The zero-order valence-electron chi connectivity index (χ0n) is 16.3. The predicted molar refractivity (Wildman–Crippen MR) is 105 cm³/mol. The van der Waals surface area contributed by atoms with Gasteiger partial charge < -0.3 is 18.2 Å². The first-order chi connectivity index (χ1) is 12.9. The van der Waals surface area contributed by atoms with Crippen molar-refractivity contribution in [3.05, 3.63) is 22.2 Å². The highest BCUT2D eigenvalue weighted by Gasteiger charge is 2.34. The number of rotatable bonds is 10. The average molecular weight is 415 g/mol. The zero-order chi connectivity index (χ0) is 20.0. The monoisotopic (exact) mass is 415 g/mol. The van der Waals surface area contributed by atoms with Crippen LogP contribution in [-0.4, -0.2) is 30.8 Å². The highest BCUT2D eigenvalue weighted by Crippen LogP contribution is 2.50. The molecule has 2 rings (SSSR count). The molecule has 2 aromatic heterocycles. The molecule has 0 bridgehead atoms. The van der Waals surface area contributed by atoms with Crippen LogP contribution in [0.1, 0.15) is 49.3 Å². The maximum Gasteiger partial charge on any atom is 0.367 e. The van der Waals surface area contributed by atoms with Crippen molar-refractivity contribution in [3.63, 3.8) is 0 Å². The quantitative estimate of drug-likeness (QED) is 0.411. The Morgan fingerprint density at radius 2 is 1.89 bits per heavy atom. The van der Waals surface area contributed by atoms with Gasteiger partial charge in [-0.3, -0.25) is 4.57 Å². The van der Waals surface area contributed by atoms with E-state index in [1.807, 2.05) is 0 Å². The van der Waals surface area contributed by atoms with Crippen LogP contribution < -0.4 is 5.30 Å². The fourth-order valence-corrected chi connectivity index (χ4v) is 5.38. The number of furan rings is 1. The second kappa shape index (κ2) is 9.64. The smallest absolute Gasteiger partial charge is 0.367 e. The van der Waals surface area contributed by atoms with E-state index < -0.39 is 13.6 Å². The van der Waals surface area contributed by atoms with Crippen molar-refractivity contribution in [2.24, 2.45) is 5.92 Å². The van der Waals surface area contributed by atoms with Gasteiger partial charge in [0.25, 0.3) is 0 Å². The standard InChI is InChI=1S/C18H26NO6PS/c1-6-22-18(20)17-19-15(14(27-17)11-12(4)5)16-13(9-10-23-16)26(21,24-7-2)25-8-3/h9-10,12H,6-8,11H2,1-5H3. The Labute approximate surface area is 163 Å². The van der Waals surface area contributed by atoms with E-state index in [2.05, 4.69) is 18.8 Å². The SMILES string of the molecule is CCOC(=O)c1nc(-c2occc2P(=O)(OCC)OCC)c(CC(C)C)s1. The molecule has 0 radical (unpaired) electrons. The molecule has 2 aromatic rings.